The maximum absolute atomic E-state index is 13.7. The molecule has 0 aliphatic rings. The van der Waals surface area contributed by atoms with Crippen molar-refractivity contribution in [2.24, 2.45) is 5.73 Å². The van der Waals surface area contributed by atoms with Gasteiger partial charge < -0.3 is 21.1 Å². The fourth-order valence-electron chi connectivity index (χ4n) is 4.15. The van der Waals surface area contributed by atoms with Crippen molar-refractivity contribution in [2.75, 3.05) is 31.7 Å². The molecule has 1 amide bonds. The molecule has 1 aromatic carbocycles. The van der Waals surface area contributed by atoms with Gasteiger partial charge in [0.15, 0.2) is 17.2 Å². The van der Waals surface area contributed by atoms with Crippen molar-refractivity contribution in [3.05, 3.63) is 59.8 Å². The number of hydrogen-bond donors (Lipinski definition) is 3. The number of carbonyl (C=O) groups excluding carboxylic acids is 1. The van der Waals surface area contributed by atoms with Crippen LogP contribution < -0.4 is 16.4 Å². The van der Waals surface area contributed by atoms with E-state index >= 15 is 0 Å². The van der Waals surface area contributed by atoms with Crippen LogP contribution in [0.3, 0.4) is 0 Å². The lowest BCUT2D eigenvalue weighted by Crippen LogP contribution is -2.30. The minimum Gasteiger partial charge on any atom is -0.378 e. The lowest BCUT2D eigenvalue weighted by atomic mass is 10.0. The van der Waals surface area contributed by atoms with Gasteiger partial charge in [-0.3, -0.25) is 13.9 Å². The molecule has 0 saturated carbocycles. The largest absolute Gasteiger partial charge is 0.435 e. The molecule has 1 atom stereocenters. The maximum atomic E-state index is 13.7. The Hall–Kier alpha value is -4.04. The summed E-state index contributed by atoms with van der Waals surface area (Å²) in [5, 5.41) is 9.50. The van der Waals surface area contributed by atoms with Crippen molar-refractivity contribution in [3.8, 4) is 11.3 Å². The van der Waals surface area contributed by atoms with E-state index in [0.29, 0.717) is 43.2 Å². The first-order valence-corrected chi connectivity index (χ1v) is 12.7. The Kier molecular flexibility index (Phi) is 9.00. The van der Waals surface area contributed by atoms with Crippen molar-refractivity contribution in [1.29, 1.82) is 0 Å². The van der Waals surface area contributed by atoms with Gasteiger partial charge in [0.2, 0.25) is 0 Å². The smallest absolute Gasteiger partial charge is 0.378 e. The summed E-state index contributed by atoms with van der Waals surface area (Å²) in [4.78, 5) is 21.3. The fraction of sp³-hybridized carbons (Fsp3) is 0.385. The molecule has 0 bridgehead atoms. The SMILES string of the molecule is CCc1cc(Nc2nccn3c(-c4cn(CCF)nc4C(F)(F)F)cnc23)ccc1C(=O)NCCOC[C@H](C)N. The Morgan fingerprint density at radius 1 is 1.25 bits per heavy atom. The molecule has 0 spiro atoms. The predicted molar refractivity (Wildman–Crippen MR) is 141 cm³/mol. The number of alkyl halides is 4. The lowest BCUT2D eigenvalue weighted by molar-refractivity contribution is -0.141. The number of nitrogens with two attached hydrogens (primary N) is 1. The number of imidazole rings is 1. The highest BCUT2D eigenvalue weighted by Crippen LogP contribution is 2.37. The van der Waals surface area contributed by atoms with Gasteiger partial charge in [0.05, 0.1) is 37.2 Å². The van der Waals surface area contributed by atoms with Crippen LogP contribution in [0.5, 0.6) is 0 Å². The summed E-state index contributed by atoms with van der Waals surface area (Å²) < 4.78 is 61.6. The zero-order valence-electron chi connectivity index (χ0n) is 22.0. The third-order valence-corrected chi connectivity index (χ3v) is 5.95. The Balaban J connectivity index is 1.57. The van der Waals surface area contributed by atoms with Gasteiger partial charge in [-0.05, 0) is 37.1 Å². The van der Waals surface area contributed by atoms with E-state index in [9.17, 15) is 22.4 Å². The van der Waals surface area contributed by atoms with Crippen LogP contribution in [0.25, 0.3) is 16.9 Å². The van der Waals surface area contributed by atoms with Crippen LogP contribution in [0.15, 0.2) is 43.0 Å². The van der Waals surface area contributed by atoms with E-state index in [1.165, 1.54) is 23.0 Å². The number of nitrogens with zero attached hydrogens (tertiary/aromatic N) is 5. The van der Waals surface area contributed by atoms with E-state index in [2.05, 4.69) is 25.7 Å². The van der Waals surface area contributed by atoms with Gasteiger partial charge in [-0.1, -0.05) is 6.92 Å². The molecule has 214 valence electrons. The average Bonchev–Trinajstić information content (AvgIpc) is 3.53. The number of aryl methyl sites for hydroxylation is 2. The highest BCUT2D eigenvalue weighted by Gasteiger charge is 2.38. The first-order valence-electron chi connectivity index (χ1n) is 12.7. The number of fused-ring (bicyclic) bond motifs is 1. The van der Waals surface area contributed by atoms with Crippen LogP contribution in [0.4, 0.5) is 29.1 Å². The molecule has 10 nitrogen and oxygen atoms in total. The number of ether oxygens (including phenoxy) is 1. The minimum atomic E-state index is -4.74. The normalized spacial score (nSPS) is 12.6. The summed E-state index contributed by atoms with van der Waals surface area (Å²) in [6.07, 6.45) is 1.19. The van der Waals surface area contributed by atoms with Crippen molar-refractivity contribution in [1.82, 2.24) is 29.5 Å². The molecule has 0 aliphatic carbocycles. The van der Waals surface area contributed by atoms with Crippen LogP contribution in [0.2, 0.25) is 0 Å². The number of anilines is 2. The third kappa shape index (κ3) is 6.57. The number of aromatic nitrogens is 5. The summed E-state index contributed by atoms with van der Waals surface area (Å²) in [7, 11) is 0. The molecule has 0 radical (unpaired) electrons. The number of benzene rings is 1. The molecular weight excluding hydrogens is 532 g/mol. The molecule has 4 rings (SSSR count). The first-order chi connectivity index (χ1) is 19.1. The van der Waals surface area contributed by atoms with Gasteiger partial charge >= 0.3 is 6.18 Å². The molecule has 0 fully saturated rings. The van der Waals surface area contributed by atoms with Gasteiger partial charge in [0.25, 0.3) is 5.91 Å². The molecule has 14 heteroatoms. The number of nitrogens with one attached hydrogen (secondary N) is 2. The second kappa shape index (κ2) is 12.4. The lowest BCUT2D eigenvalue weighted by Gasteiger charge is -2.13. The van der Waals surface area contributed by atoms with Crippen molar-refractivity contribution >= 4 is 23.1 Å². The van der Waals surface area contributed by atoms with Crippen molar-refractivity contribution < 1.29 is 27.1 Å². The number of carbonyl (C=O) groups is 1. The Labute approximate surface area is 227 Å². The van der Waals surface area contributed by atoms with E-state index in [0.717, 1.165) is 16.4 Å². The number of halogens is 4. The summed E-state index contributed by atoms with van der Waals surface area (Å²) in [5.74, 6) is 0.0590. The summed E-state index contributed by atoms with van der Waals surface area (Å²) >= 11 is 0. The van der Waals surface area contributed by atoms with E-state index in [1.807, 2.05) is 13.8 Å². The predicted octanol–water partition coefficient (Wildman–Crippen LogP) is 3.98. The van der Waals surface area contributed by atoms with Crippen LogP contribution in [0.1, 0.15) is 35.5 Å². The fourth-order valence-corrected chi connectivity index (χ4v) is 4.15. The highest BCUT2D eigenvalue weighted by atomic mass is 19.4. The number of hydrogen-bond acceptors (Lipinski definition) is 7. The molecule has 0 aliphatic heterocycles. The van der Waals surface area contributed by atoms with E-state index in [4.69, 9.17) is 10.5 Å². The molecule has 4 N–H and O–H groups in total. The van der Waals surface area contributed by atoms with E-state index in [1.54, 1.807) is 18.2 Å². The second-order valence-electron chi connectivity index (χ2n) is 9.11. The quantitative estimate of drug-likeness (QED) is 0.176. The Morgan fingerprint density at radius 3 is 2.75 bits per heavy atom. The number of amides is 1. The summed E-state index contributed by atoms with van der Waals surface area (Å²) in [5.41, 5.74) is 6.60. The monoisotopic (exact) mass is 562 g/mol. The van der Waals surface area contributed by atoms with Gasteiger partial charge in [-0.2, -0.15) is 18.3 Å². The summed E-state index contributed by atoms with van der Waals surface area (Å²) in [6, 6.07) is 5.11. The summed E-state index contributed by atoms with van der Waals surface area (Å²) in [6.45, 7) is 3.68. The van der Waals surface area contributed by atoms with Crippen LogP contribution in [-0.2, 0) is 23.9 Å². The van der Waals surface area contributed by atoms with Crippen molar-refractivity contribution in [3.63, 3.8) is 0 Å². The molecule has 3 aromatic heterocycles. The van der Waals surface area contributed by atoms with Gasteiger partial charge in [0, 0.05) is 42.4 Å². The minimum absolute atomic E-state index is 0.0832. The molecule has 0 unspecified atom stereocenters. The second-order valence-corrected chi connectivity index (χ2v) is 9.11. The molecule has 4 aromatic rings. The standard InChI is InChI=1S/C26H30F4N8O2/c1-3-17-12-18(4-5-19(17)25(39)33-8-11-40-15-16(2)31)35-23-24-34-13-21(38(24)10-7-32-23)20-14-37(9-6-27)36-22(20)26(28,29)30/h4-5,7,10,12-14,16H,3,6,8-9,11,15,31H2,1-2H3,(H,32,35)(H,33,39)/t16-/m0/s1. The average molecular weight is 563 g/mol. The zero-order chi connectivity index (χ0) is 28.9. The van der Waals surface area contributed by atoms with E-state index in [-0.39, 0.29) is 35.4 Å². The maximum Gasteiger partial charge on any atom is 0.435 e. The molecule has 40 heavy (non-hydrogen) atoms. The molecular formula is C26H30F4N8O2. The Bertz CT molecular complexity index is 1460. The Morgan fingerprint density at radius 2 is 2.05 bits per heavy atom. The number of rotatable bonds is 12. The molecule has 0 saturated heterocycles. The highest BCUT2D eigenvalue weighted by molar-refractivity contribution is 5.96. The van der Waals surface area contributed by atoms with Gasteiger partial charge in [-0.25, -0.2) is 14.4 Å². The zero-order valence-corrected chi connectivity index (χ0v) is 22.0. The third-order valence-electron chi connectivity index (χ3n) is 5.95. The van der Waals surface area contributed by atoms with Crippen LogP contribution in [-0.4, -0.2) is 62.5 Å². The van der Waals surface area contributed by atoms with Crippen LogP contribution in [0, 0.1) is 0 Å². The van der Waals surface area contributed by atoms with Gasteiger partial charge in [-0.15, -0.1) is 0 Å². The van der Waals surface area contributed by atoms with Crippen LogP contribution >= 0.6 is 0 Å². The first kappa shape index (κ1) is 29.0. The van der Waals surface area contributed by atoms with E-state index < -0.39 is 18.5 Å². The molecule has 3 heterocycles. The van der Waals surface area contributed by atoms with Gasteiger partial charge in [0.1, 0.15) is 6.67 Å². The van der Waals surface area contributed by atoms with Crippen molar-refractivity contribution in [2.45, 2.75) is 39.0 Å². The topological polar surface area (TPSA) is 124 Å².